The van der Waals surface area contributed by atoms with Gasteiger partial charge in [0.15, 0.2) is 0 Å². The van der Waals surface area contributed by atoms with Gasteiger partial charge in [-0.2, -0.15) is 5.10 Å². The number of hydrogen-bond acceptors (Lipinski definition) is 3. The van der Waals surface area contributed by atoms with Gasteiger partial charge in [-0.05, 0) is 45.0 Å². The summed E-state index contributed by atoms with van der Waals surface area (Å²) in [5.41, 5.74) is 4.32. The Morgan fingerprint density at radius 3 is 2.68 bits per heavy atom. The van der Waals surface area contributed by atoms with Crippen molar-refractivity contribution in [3.8, 4) is 0 Å². The Balaban J connectivity index is 2.29. The molecule has 0 saturated heterocycles. The molecule has 1 unspecified atom stereocenters. The fourth-order valence-electron chi connectivity index (χ4n) is 2.28. The van der Waals surface area contributed by atoms with Crippen LogP contribution in [0.2, 0.25) is 5.15 Å². The molecule has 2 aromatic heterocycles. The van der Waals surface area contributed by atoms with Crippen molar-refractivity contribution in [2.24, 2.45) is 7.05 Å². The van der Waals surface area contributed by atoms with Gasteiger partial charge in [-0.15, -0.1) is 0 Å². The van der Waals surface area contributed by atoms with Gasteiger partial charge >= 0.3 is 0 Å². The zero-order chi connectivity index (χ0) is 14.0. The molecule has 0 aromatic carbocycles. The van der Waals surface area contributed by atoms with Gasteiger partial charge in [-0.1, -0.05) is 11.6 Å². The van der Waals surface area contributed by atoms with Crippen molar-refractivity contribution in [3.05, 3.63) is 46.0 Å². The Morgan fingerprint density at radius 2 is 2.16 bits per heavy atom. The molecule has 5 heteroatoms. The Labute approximate surface area is 118 Å². The SMILES string of the molecule is CNC(Cc1c(C)nn(C)c1Cl)c1ccnc(C)c1. The van der Waals surface area contributed by atoms with Crippen LogP contribution in [0.3, 0.4) is 0 Å². The second-order valence-corrected chi connectivity index (χ2v) is 5.11. The predicted molar refractivity (Wildman–Crippen MR) is 77.4 cm³/mol. The van der Waals surface area contributed by atoms with Crippen molar-refractivity contribution < 1.29 is 0 Å². The number of nitrogens with one attached hydrogen (secondary N) is 1. The summed E-state index contributed by atoms with van der Waals surface area (Å²) in [5.74, 6) is 0. The summed E-state index contributed by atoms with van der Waals surface area (Å²) in [4.78, 5) is 4.23. The van der Waals surface area contributed by atoms with Gasteiger partial charge in [-0.3, -0.25) is 9.67 Å². The first-order valence-corrected chi connectivity index (χ1v) is 6.68. The number of likely N-dealkylation sites (N-methyl/N-ethyl adjacent to an activating group) is 1. The van der Waals surface area contributed by atoms with Gasteiger partial charge in [0.25, 0.3) is 0 Å². The maximum Gasteiger partial charge on any atom is 0.130 e. The second-order valence-electron chi connectivity index (χ2n) is 4.75. The fraction of sp³-hybridized carbons (Fsp3) is 0.429. The molecule has 2 heterocycles. The first-order valence-electron chi connectivity index (χ1n) is 6.30. The van der Waals surface area contributed by atoms with E-state index in [1.165, 1.54) is 5.56 Å². The number of aryl methyl sites for hydroxylation is 3. The van der Waals surface area contributed by atoms with E-state index in [4.69, 9.17) is 11.6 Å². The second kappa shape index (κ2) is 5.72. The van der Waals surface area contributed by atoms with E-state index in [9.17, 15) is 0 Å². The Morgan fingerprint density at radius 1 is 1.42 bits per heavy atom. The number of rotatable bonds is 4. The van der Waals surface area contributed by atoms with Gasteiger partial charge in [-0.25, -0.2) is 0 Å². The summed E-state index contributed by atoms with van der Waals surface area (Å²) >= 11 is 6.29. The first kappa shape index (κ1) is 14.0. The largest absolute Gasteiger partial charge is 0.313 e. The minimum atomic E-state index is 0.210. The van der Waals surface area contributed by atoms with Crippen molar-refractivity contribution in [1.29, 1.82) is 0 Å². The van der Waals surface area contributed by atoms with Crippen LogP contribution in [0, 0.1) is 13.8 Å². The van der Waals surface area contributed by atoms with Crippen LogP contribution in [0.25, 0.3) is 0 Å². The van der Waals surface area contributed by atoms with Gasteiger partial charge in [0.1, 0.15) is 5.15 Å². The van der Waals surface area contributed by atoms with Crippen molar-refractivity contribution >= 4 is 11.6 Å². The van der Waals surface area contributed by atoms with Crippen LogP contribution in [0.5, 0.6) is 0 Å². The molecule has 0 radical (unpaired) electrons. The zero-order valence-electron chi connectivity index (χ0n) is 11.7. The Hall–Kier alpha value is -1.39. The molecule has 0 spiro atoms. The molecule has 0 bridgehead atoms. The normalized spacial score (nSPS) is 12.7. The molecule has 4 nitrogen and oxygen atoms in total. The number of pyridine rings is 1. The highest BCUT2D eigenvalue weighted by atomic mass is 35.5. The lowest BCUT2D eigenvalue weighted by molar-refractivity contribution is 0.589. The molecule has 0 fully saturated rings. The minimum absolute atomic E-state index is 0.210. The average Bonchev–Trinajstić information content (AvgIpc) is 2.61. The molecule has 1 atom stereocenters. The van der Waals surface area contributed by atoms with E-state index >= 15 is 0 Å². The molecular weight excluding hydrogens is 260 g/mol. The van der Waals surface area contributed by atoms with Gasteiger partial charge < -0.3 is 5.32 Å². The topological polar surface area (TPSA) is 42.7 Å². The third kappa shape index (κ3) is 2.96. The number of hydrogen-bond donors (Lipinski definition) is 1. The highest BCUT2D eigenvalue weighted by Crippen LogP contribution is 2.25. The van der Waals surface area contributed by atoms with Crippen molar-refractivity contribution in [2.75, 3.05) is 7.05 Å². The first-order chi connectivity index (χ1) is 9.02. The molecule has 19 heavy (non-hydrogen) atoms. The van der Waals surface area contributed by atoms with E-state index in [0.717, 1.165) is 23.4 Å². The van der Waals surface area contributed by atoms with Crippen LogP contribution in [0.1, 0.15) is 28.6 Å². The molecule has 0 amide bonds. The lowest BCUT2D eigenvalue weighted by Gasteiger charge is -2.17. The Kier molecular flexibility index (Phi) is 4.22. The molecule has 102 valence electrons. The highest BCUT2D eigenvalue weighted by Gasteiger charge is 2.17. The van der Waals surface area contributed by atoms with Crippen molar-refractivity contribution in [2.45, 2.75) is 26.3 Å². The monoisotopic (exact) mass is 278 g/mol. The van der Waals surface area contributed by atoms with Crippen LogP contribution in [-0.2, 0) is 13.5 Å². The molecule has 0 aliphatic carbocycles. The summed E-state index contributed by atoms with van der Waals surface area (Å²) in [5, 5.41) is 8.40. The predicted octanol–water partition coefficient (Wildman–Crippen LogP) is 2.59. The Bertz CT molecular complexity index is 577. The van der Waals surface area contributed by atoms with E-state index in [-0.39, 0.29) is 6.04 Å². The number of aromatic nitrogens is 3. The van der Waals surface area contributed by atoms with Crippen LogP contribution in [0.15, 0.2) is 18.3 Å². The molecule has 1 N–H and O–H groups in total. The molecule has 0 saturated carbocycles. The van der Waals surface area contributed by atoms with Crippen LogP contribution in [-0.4, -0.2) is 21.8 Å². The lowest BCUT2D eigenvalue weighted by Crippen LogP contribution is -2.19. The smallest absolute Gasteiger partial charge is 0.130 e. The fourth-order valence-corrected chi connectivity index (χ4v) is 2.53. The van der Waals surface area contributed by atoms with Gasteiger partial charge in [0.2, 0.25) is 0 Å². The molecule has 2 aromatic rings. The highest BCUT2D eigenvalue weighted by molar-refractivity contribution is 6.30. The van der Waals surface area contributed by atoms with E-state index in [0.29, 0.717) is 5.15 Å². The van der Waals surface area contributed by atoms with Crippen LogP contribution in [0.4, 0.5) is 0 Å². The van der Waals surface area contributed by atoms with E-state index in [2.05, 4.69) is 21.5 Å². The standard InChI is InChI=1S/C14H19ClN4/c1-9-7-11(5-6-17-9)13(16-3)8-12-10(2)18-19(4)14(12)15/h5-7,13,16H,8H2,1-4H3. The summed E-state index contributed by atoms with van der Waals surface area (Å²) in [6.45, 7) is 3.99. The average molecular weight is 279 g/mol. The van der Waals surface area contributed by atoms with Gasteiger partial charge in [0.05, 0.1) is 5.69 Å². The summed E-state index contributed by atoms with van der Waals surface area (Å²) in [6, 6.07) is 4.34. The minimum Gasteiger partial charge on any atom is -0.313 e. The molecule has 0 aliphatic rings. The molecule has 0 aliphatic heterocycles. The maximum atomic E-state index is 6.29. The van der Waals surface area contributed by atoms with Crippen molar-refractivity contribution in [3.63, 3.8) is 0 Å². The quantitative estimate of drug-likeness (QED) is 0.935. The summed E-state index contributed by atoms with van der Waals surface area (Å²) < 4.78 is 1.72. The van der Waals surface area contributed by atoms with Crippen LogP contribution < -0.4 is 5.32 Å². The third-order valence-electron chi connectivity index (χ3n) is 3.35. The van der Waals surface area contributed by atoms with E-state index in [1.54, 1.807) is 4.68 Å². The summed E-state index contributed by atoms with van der Waals surface area (Å²) in [7, 11) is 3.82. The zero-order valence-corrected chi connectivity index (χ0v) is 12.5. The van der Waals surface area contributed by atoms with E-state index in [1.807, 2.05) is 40.2 Å². The van der Waals surface area contributed by atoms with Crippen molar-refractivity contribution in [1.82, 2.24) is 20.1 Å². The van der Waals surface area contributed by atoms with Gasteiger partial charge in [0, 0.05) is 30.5 Å². The van der Waals surface area contributed by atoms with E-state index < -0.39 is 0 Å². The molecular formula is C14H19ClN4. The van der Waals surface area contributed by atoms with Crippen LogP contribution >= 0.6 is 11.6 Å². The summed E-state index contributed by atoms with van der Waals surface area (Å²) in [6.07, 6.45) is 2.66. The number of nitrogens with zero attached hydrogens (tertiary/aromatic N) is 3. The maximum absolute atomic E-state index is 6.29. The lowest BCUT2D eigenvalue weighted by atomic mass is 10.00. The third-order valence-corrected chi connectivity index (χ3v) is 3.82. The molecule has 2 rings (SSSR count). The number of halogens is 1.